The molecule has 0 radical (unpaired) electrons. The summed E-state index contributed by atoms with van der Waals surface area (Å²) in [6.45, 7) is 5.28. The Labute approximate surface area is 111 Å². The lowest BCUT2D eigenvalue weighted by Crippen LogP contribution is -2.21. The Kier molecular flexibility index (Phi) is 3.22. The van der Waals surface area contributed by atoms with E-state index in [-0.39, 0.29) is 0 Å². The van der Waals surface area contributed by atoms with Gasteiger partial charge in [0.05, 0.1) is 12.0 Å². The third-order valence-corrected chi connectivity index (χ3v) is 4.25. The highest BCUT2D eigenvalue weighted by molar-refractivity contribution is 7.15. The largest absolute Gasteiger partial charge is 0.472 e. The highest BCUT2D eigenvalue weighted by Crippen LogP contribution is 2.44. The molecule has 0 amide bonds. The van der Waals surface area contributed by atoms with Gasteiger partial charge in [-0.15, -0.1) is 11.3 Å². The van der Waals surface area contributed by atoms with Crippen molar-refractivity contribution >= 4 is 11.3 Å². The van der Waals surface area contributed by atoms with Crippen molar-refractivity contribution in [1.29, 1.82) is 0 Å². The number of hydrogen-bond acceptors (Lipinski definition) is 4. The van der Waals surface area contributed by atoms with Gasteiger partial charge >= 0.3 is 0 Å². The molecule has 3 rings (SSSR count). The molecule has 2 aromatic rings. The summed E-state index contributed by atoms with van der Waals surface area (Å²) in [5.41, 5.74) is 2.40. The van der Waals surface area contributed by atoms with Crippen molar-refractivity contribution < 1.29 is 4.42 Å². The van der Waals surface area contributed by atoms with Crippen LogP contribution in [0.5, 0.6) is 0 Å². The molecular formula is C14H18N2OS. The quantitative estimate of drug-likeness (QED) is 0.891. The highest BCUT2D eigenvalue weighted by atomic mass is 32.1. The Balaban J connectivity index is 1.86. The van der Waals surface area contributed by atoms with Gasteiger partial charge in [0.2, 0.25) is 0 Å². The number of aromatic nitrogens is 1. The lowest BCUT2D eigenvalue weighted by Gasteiger charge is -2.06. The van der Waals surface area contributed by atoms with Crippen LogP contribution in [0.2, 0.25) is 0 Å². The number of hydrogen-bond donors (Lipinski definition) is 1. The molecule has 0 saturated heterocycles. The van der Waals surface area contributed by atoms with Gasteiger partial charge in [0.25, 0.3) is 0 Å². The lowest BCUT2D eigenvalue weighted by molar-refractivity contribution is 0.568. The molecule has 2 heterocycles. The van der Waals surface area contributed by atoms with Gasteiger partial charge in [-0.05, 0) is 18.9 Å². The molecule has 0 atom stereocenters. The summed E-state index contributed by atoms with van der Waals surface area (Å²) in [5.74, 6) is 0.700. The van der Waals surface area contributed by atoms with Crippen molar-refractivity contribution in [3.8, 4) is 10.6 Å². The van der Waals surface area contributed by atoms with Crippen molar-refractivity contribution in [2.75, 3.05) is 0 Å². The van der Waals surface area contributed by atoms with E-state index in [4.69, 9.17) is 9.40 Å². The van der Waals surface area contributed by atoms with Crippen LogP contribution in [-0.2, 0) is 6.54 Å². The first kappa shape index (κ1) is 11.9. The van der Waals surface area contributed by atoms with Crippen molar-refractivity contribution in [2.24, 2.45) is 0 Å². The SMILES string of the molecule is CC(C)NCc1sc(-c2ccoc2)nc1C1CC1. The minimum Gasteiger partial charge on any atom is -0.472 e. The first-order chi connectivity index (χ1) is 8.74. The fourth-order valence-corrected chi connectivity index (χ4v) is 3.06. The molecule has 3 nitrogen and oxygen atoms in total. The van der Waals surface area contributed by atoms with Crippen molar-refractivity contribution in [3.63, 3.8) is 0 Å². The molecule has 0 aliphatic heterocycles. The van der Waals surface area contributed by atoms with E-state index in [0.717, 1.165) is 17.1 Å². The zero-order valence-electron chi connectivity index (χ0n) is 10.8. The first-order valence-corrected chi connectivity index (χ1v) is 7.31. The summed E-state index contributed by atoms with van der Waals surface area (Å²) in [6, 6.07) is 2.49. The molecular weight excluding hydrogens is 244 g/mol. The second-order valence-electron chi connectivity index (χ2n) is 5.15. The maximum Gasteiger partial charge on any atom is 0.127 e. The number of furan rings is 1. The molecule has 1 saturated carbocycles. The Hall–Kier alpha value is -1.13. The zero-order valence-corrected chi connectivity index (χ0v) is 11.6. The Bertz CT molecular complexity index is 512. The predicted octanol–water partition coefficient (Wildman–Crippen LogP) is 3.78. The normalized spacial score (nSPS) is 15.5. The van der Waals surface area contributed by atoms with Crippen molar-refractivity contribution in [2.45, 2.75) is 45.2 Å². The van der Waals surface area contributed by atoms with E-state index in [1.165, 1.54) is 23.4 Å². The van der Waals surface area contributed by atoms with E-state index >= 15 is 0 Å². The fraction of sp³-hybridized carbons (Fsp3) is 0.500. The number of thiazole rings is 1. The van der Waals surface area contributed by atoms with Crippen LogP contribution >= 0.6 is 11.3 Å². The van der Waals surface area contributed by atoms with Crippen molar-refractivity contribution in [1.82, 2.24) is 10.3 Å². The molecule has 4 heteroatoms. The number of rotatable bonds is 5. The molecule has 1 aliphatic carbocycles. The molecule has 0 aromatic carbocycles. The summed E-state index contributed by atoms with van der Waals surface area (Å²) in [6.07, 6.45) is 6.07. The number of nitrogens with one attached hydrogen (secondary N) is 1. The maximum atomic E-state index is 5.14. The molecule has 0 bridgehead atoms. The third-order valence-electron chi connectivity index (χ3n) is 3.13. The van der Waals surface area contributed by atoms with Crippen LogP contribution in [0.25, 0.3) is 10.6 Å². The van der Waals surface area contributed by atoms with E-state index < -0.39 is 0 Å². The van der Waals surface area contributed by atoms with Crippen LogP contribution in [0.1, 0.15) is 43.2 Å². The molecule has 96 valence electrons. The lowest BCUT2D eigenvalue weighted by atomic mass is 10.2. The topological polar surface area (TPSA) is 38.1 Å². The first-order valence-electron chi connectivity index (χ1n) is 6.49. The fourth-order valence-electron chi connectivity index (χ4n) is 1.97. The Morgan fingerprint density at radius 3 is 2.94 bits per heavy atom. The zero-order chi connectivity index (χ0) is 12.5. The second kappa shape index (κ2) is 4.86. The van der Waals surface area contributed by atoms with Crippen LogP contribution in [0.15, 0.2) is 23.0 Å². The van der Waals surface area contributed by atoms with E-state index in [1.807, 2.05) is 6.07 Å². The summed E-state index contributed by atoms with van der Waals surface area (Å²) in [5, 5.41) is 4.58. The third kappa shape index (κ3) is 2.49. The van der Waals surface area contributed by atoms with Gasteiger partial charge in [-0.1, -0.05) is 13.8 Å². The van der Waals surface area contributed by atoms with Gasteiger partial charge in [-0.3, -0.25) is 0 Å². The van der Waals surface area contributed by atoms with Gasteiger partial charge in [0.15, 0.2) is 0 Å². The molecule has 2 aromatic heterocycles. The molecule has 1 aliphatic rings. The van der Waals surface area contributed by atoms with Crippen LogP contribution in [0.4, 0.5) is 0 Å². The maximum absolute atomic E-state index is 5.14. The van der Waals surface area contributed by atoms with Gasteiger partial charge in [-0.25, -0.2) is 4.98 Å². The van der Waals surface area contributed by atoms with Gasteiger partial charge in [-0.2, -0.15) is 0 Å². The summed E-state index contributed by atoms with van der Waals surface area (Å²) < 4.78 is 5.14. The monoisotopic (exact) mass is 262 g/mol. The van der Waals surface area contributed by atoms with Gasteiger partial charge in [0.1, 0.15) is 11.3 Å². The number of nitrogens with zero attached hydrogens (tertiary/aromatic N) is 1. The minimum atomic E-state index is 0.511. The molecule has 18 heavy (non-hydrogen) atoms. The summed E-state index contributed by atoms with van der Waals surface area (Å²) in [7, 11) is 0. The predicted molar refractivity (Wildman–Crippen MR) is 73.8 cm³/mol. The van der Waals surface area contributed by atoms with Crippen LogP contribution in [0.3, 0.4) is 0 Å². The molecule has 0 spiro atoms. The average Bonchev–Trinajstić information content (AvgIpc) is 2.91. The van der Waals surface area contributed by atoms with Crippen molar-refractivity contribution in [3.05, 3.63) is 29.2 Å². The van der Waals surface area contributed by atoms with Crippen LogP contribution in [0, 0.1) is 0 Å². The van der Waals surface area contributed by atoms with E-state index in [2.05, 4.69) is 19.2 Å². The average molecular weight is 262 g/mol. The summed E-state index contributed by atoms with van der Waals surface area (Å²) >= 11 is 1.79. The Morgan fingerprint density at radius 2 is 2.33 bits per heavy atom. The molecule has 1 N–H and O–H groups in total. The standard InChI is InChI=1S/C14H18N2OS/c1-9(2)15-7-12-13(10-3-4-10)16-14(18-12)11-5-6-17-8-11/h5-6,8-10,15H,3-4,7H2,1-2H3. The van der Waals surface area contributed by atoms with E-state index in [9.17, 15) is 0 Å². The highest BCUT2D eigenvalue weighted by Gasteiger charge is 2.29. The van der Waals surface area contributed by atoms with E-state index in [1.54, 1.807) is 23.9 Å². The van der Waals surface area contributed by atoms with Gasteiger partial charge < -0.3 is 9.73 Å². The Morgan fingerprint density at radius 1 is 1.50 bits per heavy atom. The van der Waals surface area contributed by atoms with E-state index in [0.29, 0.717) is 12.0 Å². The minimum absolute atomic E-state index is 0.511. The smallest absolute Gasteiger partial charge is 0.127 e. The van der Waals surface area contributed by atoms with Crippen LogP contribution in [-0.4, -0.2) is 11.0 Å². The summed E-state index contributed by atoms with van der Waals surface area (Å²) in [4.78, 5) is 6.20. The second-order valence-corrected chi connectivity index (χ2v) is 6.23. The van der Waals surface area contributed by atoms with Gasteiger partial charge in [0, 0.05) is 28.9 Å². The van der Waals surface area contributed by atoms with Crippen LogP contribution < -0.4 is 5.32 Å². The molecule has 1 fully saturated rings. The molecule has 0 unspecified atom stereocenters.